The number of rotatable bonds is 7. The molecule has 0 aliphatic carbocycles. The maximum absolute atomic E-state index is 11.7. The molecule has 0 radical (unpaired) electrons. The fourth-order valence-corrected chi connectivity index (χ4v) is 1.49. The van der Waals surface area contributed by atoms with E-state index in [1.165, 1.54) is 0 Å². The lowest BCUT2D eigenvalue weighted by atomic mass is 10.1. The van der Waals surface area contributed by atoms with Crippen molar-refractivity contribution in [1.82, 2.24) is 15.6 Å². The molecule has 1 amide bonds. The molecule has 1 rings (SSSR count). The fourth-order valence-electron chi connectivity index (χ4n) is 1.49. The van der Waals surface area contributed by atoms with Crippen LogP contribution in [0.3, 0.4) is 0 Å². The monoisotopic (exact) mass is 235 g/mol. The number of amides is 1. The summed E-state index contributed by atoms with van der Waals surface area (Å²) < 4.78 is 0. The fraction of sp³-hybridized carbons (Fsp3) is 0.538. The molecular weight excluding hydrogens is 214 g/mol. The van der Waals surface area contributed by atoms with Gasteiger partial charge in [-0.15, -0.1) is 0 Å². The second kappa shape index (κ2) is 7.79. The van der Waals surface area contributed by atoms with Crippen LogP contribution in [-0.4, -0.2) is 30.5 Å². The largest absolute Gasteiger partial charge is 0.355 e. The van der Waals surface area contributed by atoms with Crippen molar-refractivity contribution in [3.63, 3.8) is 0 Å². The van der Waals surface area contributed by atoms with Crippen molar-refractivity contribution in [2.75, 3.05) is 19.6 Å². The average molecular weight is 235 g/mol. The van der Waals surface area contributed by atoms with Crippen molar-refractivity contribution in [2.24, 2.45) is 5.92 Å². The third-order valence-electron chi connectivity index (χ3n) is 2.55. The molecule has 1 aromatic heterocycles. The minimum absolute atomic E-state index is 0.0127. The van der Waals surface area contributed by atoms with Gasteiger partial charge in [-0.1, -0.05) is 19.9 Å². The number of nitrogens with zero attached hydrogens (tertiary/aromatic N) is 1. The van der Waals surface area contributed by atoms with Crippen LogP contribution in [0.4, 0.5) is 0 Å². The number of hydrogen-bond acceptors (Lipinski definition) is 3. The molecule has 0 aliphatic rings. The summed E-state index contributed by atoms with van der Waals surface area (Å²) in [4.78, 5) is 15.9. The Kier molecular flexibility index (Phi) is 6.25. The van der Waals surface area contributed by atoms with Crippen LogP contribution in [0.2, 0.25) is 0 Å². The predicted molar refractivity (Wildman–Crippen MR) is 68.7 cm³/mol. The molecule has 94 valence electrons. The number of carbonyl (C=O) groups is 1. The lowest BCUT2D eigenvalue weighted by Crippen LogP contribution is -2.36. The number of hydrogen-bond donors (Lipinski definition) is 2. The first kappa shape index (κ1) is 13.6. The summed E-state index contributed by atoms with van der Waals surface area (Å²) in [5, 5.41) is 6.08. The van der Waals surface area contributed by atoms with Gasteiger partial charge in [0, 0.05) is 37.3 Å². The Morgan fingerprint density at radius 2 is 2.29 bits per heavy atom. The van der Waals surface area contributed by atoms with Gasteiger partial charge in [-0.25, -0.2) is 0 Å². The Morgan fingerprint density at radius 3 is 2.94 bits per heavy atom. The average Bonchev–Trinajstić information content (AvgIpc) is 2.37. The summed E-state index contributed by atoms with van der Waals surface area (Å²) in [7, 11) is 0. The summed E-state index contributed by atoms with van der Waals surface area (Å²) in [6.07, 6.45) is 2.55. The van der Waals surface area contributed by atoms with Crippen LogP contribution >= 0.6 is 0 Å². The molecule has 0 aromatic carbocycles. The zero-order chi connectivity index (χ0) is 12.5. The molecule has 0 saturated heterocycles. The van der Waals surface area contributed by atoms with Crippen LogP contribution in [0, 0.1) is 5.92 Å². The van der Waals surface area contributed by atoms with Gasteiger partial charge in [0.1, 0.15) is 0 Å². The van der Waals surface area contributed by atoms with E-state index in [4.69, 9.17) is 0 Å². The molecule has 0 fully saturated rings. The first-order chi connectivity index (χ1) is 8.24. The molecule has 1 heterocycles. The molecule has 2 N–H and O–H groups in total. The second-order valence-electron chi connectivity index (χ2n) is 4.07. The Hall–Kier alpha value is -1.42. The highest BCUT2D eigenvalue weighted by Crippen LogP contribution is 1.95. The predicted octanol–water partition coefficient (Wildman–Crippen LogP) is 0.986. The van der Waals surface area contributed by atoms with Crippen molar-refractivity contribution in [1.29, 1.82) is 0 Å². The first-order valence-electron chi connectivity index (χ1n) is 6.12. The first-order valence-corrected chi connectivity index (χ1v) is 6.12. The highest BCUT2D eigenvalue weighted by molar-refractivity contribution is 5.78. The molecule has 0 spiro atoms. The summed E-state index contributed by atoms with van der Waals surface area (Å²) >= 11 is 0. The van der Waals surface area contributed by atoms with E-state index in [1.54, 1.807) is 6.20 Å². The molecule has 1 atom stereocenters. The van der Waals surface area contributed by atoms with Gasteiger partial charge in [-0.2, -0.15) is 0 Å². The Bertz CT molecular complexity index is 327. The van der Waals surface area contributed by atoms with Crippen LogP contribution in [0.1, 0.15) is 19.5 Å². The quantitative estimate of drug-likeness (QED) is 0.741. The van der Waals surface area contributed by atoms with E-state index in [9.17, 15) is 4.79 Å². The molecule has 4 nitrogen and oxygen atoms in total. The highest BCUT2D eigenvalue weighted by Gasteiger charge is 2.10. The molecule has 0 aliphatic heterocycles. The van der Waals surface area contributed by atoms with Gasteiger partial charge >= 0.3 is 0 Å². The maximum atomic E-state index is 11.7. The van der Waals surface area contributed by atoms with Crippen LogP contribution in [0.25, 0.3) is 0 Å². The van der Waals surface area contributed by atoms with Gasteiger partial charge in [0.25, 0.3) is 0 Å². The zero-order valence-corrected chi connectivity index (χ0v) is 10.6. The zero-order valence-electron chi connectivity index (χ0n) is 10.6. The highest BCUT2D eigenvalue weighted by atomic mass is 16.1. The van der Waals surface area contributed by atoms with Gasteiger partial charge in [0.2, 0.25) is 5.91 Å². The number of carbonyl (C=O) groups excluding carboxylic acids is 1. The van der Waals surface area contributed by atoms with Gasteiger partial charge in [0.05, 0.1) is 0 Å². The Labute approximate surface area is 103 Å². The van der Waals surface area contributed by atoms with Gasteiger partial charge in [-0.05, 0) is 18.7 Å². The van der Waals surface area contributed by atoms with E-state index in [2.05, 4.69) is 15.6 Å². The van der Waals surface area contributed by atoms with Crippen LogP contribution in [-0.2, 0) is 11.2 Å². The van der Waals surface area contributed by atoms with E-state index >= 15 is 0 Å². The SMILES string of the molecule is CCNCC(C)C(=O)NCCc1ccccn1. The van der Waals surface area contributed by atoms with Crippen molar-refractivity contribution in [3.05, 3.63) is 30.1 Å². The van der Waals surface area contributed by atoms with Crippen LogP contribution in [0.5, 0.6) is 0 Å². The van der Waals surface area contributed by atoms with Crippen molar-refractivity contribution in [3.8, 4) is 0 Å². The number of pyridine rings is 1. The summed E-state index contributed by atoms with van der Waals surface area (Å²) in [6.45, 7) is 6.23. The van der Waals surface area contributed by atoms with Crippen molar-refractivity contribution < 1.29 is 4.79 Å². The van der Waals surface area contributed by atoms with Crippen LogP contribution in [0.15, 0.2) is 24.4 Å². The summed E-state index contributed by atoms with van der Waals surface area (Å²) in [5.41, 5.74) is 1.01. The Balaban J connectivity index is 2.20. The molecule has 0 saturated carbocycles. The van der Waals surface area contributed by atoms with E-state index < -0.39 is 0 Å². The van der Waals surface area contributed by atoms with Gasteiger partial charge in [-0.3, -0.25) is 9.78 Å². The minimum Gasteiger partial charge on any atom is -0.355 e. The van der Waals surface area contributed by atoms with Gasteiger partial charge in [0.15, 0.2) is 0 Å². The standard InChI is InChI=1S/C13H21N3O/c1-3-14-10-11(2)13(17)16-9-7-12-6-4-5-8-15-12/h4-6,8,11,14H,3,7,9-10H2,1-2H3,(H,16,17). The van der Waals surface area contributed by atoms with E-state index in [1.807, 2.05) is 32.0 Å². The van der Waals surface area contributed by atoms with Crippen molar-refractivity contribution in [2.45, 2.75) is 20.3 Å². The molecule has 0 bridgehead atoms. The smallest absolute Gasteiger partial charge is 0.224 e. The molecule has 1 unspecified atom stereocenters. The molecule has 1 aromatic rings. The summed E-state index contributed by atoms with van der Waals surface area (Å²) in [5.74, 6) is 0.112. The minimum atomic E-state index is 0.0127. The third-order valence-corrected chi connectivity index (χ3v) is 2.55. The molecular formula is C13H21N3O. The maximum Gasteiger partial charge on any atom is 0.224 e. The summed E-state index contributed by atoms with van der Waals surface area (Å²) in [6, 6.07) is 5.81. The van der Waals surface area contributed by atoms with E-state index in [0.717, 1.165) is 25.2 Å². The third kappa shape index (κ3) is 5.45. The molecule has 4 heteroatoms. The number of nitrogens with one attached hydrogen (secondary N) is 2. The van der Waals surface area contributed by atoms with E-state index in [0.29, 0.717) is 6.54 Å². The lowest BCUT2D eigenvalue weighted by Gasteiger charge is -2.12. The molecule has 17 heavy (non-hydrogen) atoms. The van der Waals surface area contributed by atoms with Crippen molar-refractivity contribution >= 4 is 5.91 Å². The van der Waals surface area contributed by atoms with Crippen LogP contribution < -0.4 is 10.6 Å². The van der Waals surface area contributed by atoms with E-state index in [-0.39, 0.29) is 11.8 Å². The normalized spacial score (nSPS) is 12.1. The lowest BCUT2D eigenvalue weighted by molar-refractivity contribution is -0.124. The topological polar surface area (TPSA) is 54.0 Å². The second-order valence-corrected chi connectivity index (χ2v) is 4.07. The number of aromatic nitrogens is 1. The Morgan fingerprint density at radius 1 is 1.47 bits per heavy atom. The van der Waals surface area contributed by atoms with Gasteiger partial charge < -0.3 is 10.6 Å².